The SMILES string of the molecule is N#Cc1c(N)nc2c(c1-c1ccccc1OCCn1ccnc1)C[C@H](N)CC2. The molecule has 2 aromatic heterocycles. The molecule has 2 heterocycles. The van der Waals surface area contributed by atoms with Crippen LogP contribution in [0.5, 0.6) is 5.75 Å². The van der Waals surface area contributed by atoms with Crippen molar-refractivity contribution in [1.82, 2.24) is 14.5 Å². The van der Waals surface area contributed by atoms with Crippen LogP contribution in [-0.2, 0) is 19.4 Å². The van der Waals surface area contributed by atoms with E-state index in [2.05, 4.69) is 16.0 Å². The van der Waals surface area contributed by atoms with Crippen molar-refractivity contribution in [3.8, 4) is 22.9 Å². The van der Waals surface area contributed by atoms with Gasteiger partial charge >= 0.3 is 0 Å². The van der Waals surface area contributed by atoms with Crippen LogP contribution in [0.15, 0.2) is 43.0 Å². The van der Waals surface area contributed by atoms with Crippen LogP contribution >= 0.6 is 0 Å². The fourth-order valence-corrected chi connectivity index (χ4v) is 3.69. The Bertz CT molecular complexity index is 1020. The molecule has 0 spiro atoms. The maximum absolute atomic E-state index is 9.77. The molecule has 0 fully saturated rings. The summed E-state index contributed by atoms with van der Waals surface area (Å²) in [6, 6.07) is 10.0. The minimum absolute atomic E-state index is 0.0533. The Balaban J connectivity index is 1.75. The number of aryl methyl sites for hydroxylation is 1. The largest absolute Gasteiger partial charge is 0.491 e. The van der Waals surface area contributed by atoms with Crippen LogP contribution in [0.2, 0.25) is 0 Å². The molecule has 28 heavy (non-hydrogen) atoms. The Hall–Kier alpha value is -3.37. The lowest BCUT2D eigenvalue weighted by molar-refractivity contribution is 0.299. The van der Waals surface area contributed by atoms with Crippen molar-refractivity contribution in [3.63, 3.8) is 0 Å². The summed E-state index contributed by atoms with van der Waals surface area (Å²) in [5.74, 6) is 0.978. The van der Waals surface area contributed by atoms with E-state index in [0.717, 1.165) is 35.2 Å². The topological polar surface area (TPSA) is 116 Å². The molecule has 0 radical (unpaired) electrons. The maximum Gasteiger partial charge on any atom is 0.142 e. The van der Waals surface area contributed by atoms with Gasteiger partial charge in [-0.3, -0.25) is 0 Å². The number of benzene rings is 1. The minimum Gasteiger partial charge on any atom is -0.491 e. The lowest BCUT2D eigenvalue weighted by Crippen LogP contribution is -2.29. The fourth-order valence-electron chi connectivity index (χ4n) is 3.69. The zero-order chi connectivity index (χ0) is 19.5. The highest BCUT2D eigenvalue weighted by molar-refractivity contribution is 5.82. The molecule has 4 rings (SSSR count). The van der Waals surface area contributed by atoms with Crippen molar-refractivity contribution in [2.24, 2.45) is 5.73 Å². The molecule has 0 bridgehead atoms. The second-order valence-corrected chi connectivity index (χ2v) is 6.93. The standard InChI is InChI=1S/C21H22N6O/c22-12-17-20(16-11-14(23)5-6-18(16)26-21(17)24)15-3-1-2-4-19(15)28-10-9-27-8-7-25-13-27/h1-4,7-8,13-14H,5-6,9-11,23H2,(H2,24,26)/t14-/m1/s1. The number of nitrogens with two attached hydrogens (primary N) is 2. The average molecular weight is 374 g/mol. The summed E-state index contributed by atoms with van der Waals surface area (Å²) in [6.45, 7) is 1.17. The third-order valence-corrected chi connectivity index (χ3v) is 5.06. The summed E-state index contributed by atoms with van der Waals surface area (Å²) in [6.07, 6.45) is 7.70. The lowest BCUT2D eigenvalue weighted by Gasteiger charge is -2.25. The molecular formula is C21H22N6O. The van der Waals surface area contributed by atoms with Gasteiger partial charge in [0.2, 0.25) is 0 Å². The number of aromatic nitrogens is 3. The average Bonchev–Trinajstić information content (AvgIpc) is 3.21. The second kappa shape index (κ2) is 7.71. The van der Waals surface area contributed by atoms with Crippen molar-refractivity contribution in [1.29, 1.82) is 5.26 Å². The number of para-hydroxylation sites is 1. The van der Waals surface area contributed by atoms with Crippen LogP contribution in [0.25, 0.3) is 11.1 Å². The number of hydrogen-bond acceptors (Lipinski definition) is 6. The van der Waals surface area contributed by atoms with Gasteiger partial charge in [-0.1, -0.05) is 18.2 Å². The van der Waals surface area contributed by atoms with E-state index in [1.165, 1.54) is 0 Å². The molecule has 4 N–H and O–H groups in total. The van der Waals surface area contributed by atoms with Crippen LogP contribution in [0.4, 0.5) is 5.82 Å². The summed E-state index contributed by atoms with van der Waals surface area (Å²) in [5, 5.41) is 9.77. The van der Waals surface area contributed by atoms with E-state index in [1.54, 1.807) is 12.5 Å². The summed E-state index contributed by atoms with van der Waals surface area (Å²) in [4.78, 5) is 8.52. The van der Waals surface area contributed by atoms with E-state index in [-0.39, 0.29) is 11.9 Å². The number of nitriles is 1. The van der Waals surface area contributed by atoms with Gasteiger partial charge in [0.05, 0.1) is 12.9 Å². The molecule has 7 heteroatoms. The van der Waals surface area contributed by atoms with Crippen molar-refractivity contribution >= 4 is 5.82 Å². The Morgan fingerprint density at radius 3 is 2.96 bits per heavy atom. The van der Waals surface area contributed by atoms with Gasteiger partial charge in [-0.25, -0.2) is 9.97 Å². The Kier molecular flexibility index (Phi) is 4.96. The van der Waals surface area contributed by atoms with Gasteiger partial charge in [0.1, 0.15) is 29.8 Å². The van der Waals surface area contributed by atoms with Crippen molar-refractivity contribution in [3.05, 3.63) is 59.8 Å². The van der Waals surface area contributed by atoms with Crippen LogP contribution in [-0.4, -0.2) is 27.2 Å². The van der Waals surface area contributed by atoms with E-state index in [0.29, 0.717) is 30.9 Å². The van der Waals surface area contributed by atoms with E-state index in [4.69, 9.17) is 16.2 Å². The highest BCUT2D eigenvalue weighted by atomic mass is 16.5. The number of hydrogen-bond donors (Lipinski definition) is 2. The first-order chi connectivity index (χ1) is 13.7. The number of fused-ring (bicyclic) bond motifs is 1. The Morgan fingerprint density at radius 1 is 1.32 bits per heavy atom. The van der Waals surface area contributed by atoms with Crippen LogP contribution in [0.3, 0.4) is 0 Å². The van der Waals surface area contributed by atoms with E-state index in [9.17, 15) is 5.26 Å². The zero-order valence-corrected chi connectivity index (χ0v) is 15.5. The first-order valence-electron chi connectivity index (χ1n) is 9.32. The number of ether oxygens (including phenoxy) is 1. The highest BCUT2D eigenvalue weighted by Crippen LogP contribution is 2.39. The number of nitrogens with zero attached hydrogens (tertiary/aromatic N) is 4. The van der Waals surface area contributed by atoms with Crippen LogP contribution in [0, 0.1) is 11.3 Å². The van der Waals surface area contributed by atoms with Crippen molar-refractivity contribution < 1.29 is 4.74 Å². The molecule has 1 aromatic carbocycles. The molecule has 0 unspecified atom stereocenters. The summed E-state index contributed by atoms with van der Waals surface area (Å²) < 4.78 is 8.02. The Morgan fingerprint density at radius 2 is 2.18 bits per heavy atom. The number of anilines is 1. The fraction of sp³-hybridized carbons (Fsp3) is 0.286. The maximum atomic E-state index is 9.77. The first kappa shape index (κ1) is 18.0. The van der Waals surface area contributed by atoms with E-state index >= 15 is 0 Å². The van der Waals surface area contributed by atoms with Crippen molar-refractivity contribution in [2.75, 3.05) is 12.3 Å². The van der Waals surface area contributed by atoms with Crippen LogP contribution in [0.1, 0.15) is 23.2 Å². The number of nitrogen functional groups attached to an aromatic ring is 1. The first-order valence-corrected chi connectivity index (χ1v) is 9.32. The molecule has 0 saturated carbocycles. The summed E-state index contributed by atoms with van der Waals surface area (Å²) in [7, 11) is 0. The van der Waals surface area contributed by atoms with E-state index < -0.39 is 0 Å². The molecular weight excluding hydrogens is 352 g/mol. The van der Waals surface area contributed by atoms with Gasteiger partial charge in [-0.05, 0) is 30.9 Å². The van der Waals surface area contributed by atoms with Gasteiger partial charge in [-0.2, -0.15) is 5.26 Å². The molecule has 0 aliphatic heterocycles. The van der Waals surface area contributed by atoms with Gasteiger partial charge in [0.25, 0.3) is 0 Å². The predicted octanol–water partition coefficient (Wildman–Crippen LogP) is 2.29. The normalized spacial score (nSPS) is 15.6. The second-order valence-electron chi connectivity index (χ2n) is 6.93. The number of imidazole rings is 1. The number of pyridine rings is 1. The molecule has 1 aliphatic rings. The quantitative estimate of drug-likeness (QED) is 0.708. The van der Waals surface area contributed by atoms with Gasteiger partial charge < -0.3 is 20.8 Å². The number of rotatable bonds is 5. The Labute approximate surface area is 163 Å². The molecule has 1 atom stereocenters. The summed E-state index contributed by atoms with van der Waals surface area (Å²) >= 11 is 0. The van der Waals surface area contributed by atoms with Gasteiger partial charge in [0.15, 0.2) is 0 Å². The summed E-state index contributed by atoms with van der Waals surface area (Å²) in [5.41, 5.74) is 16.3. The minimum atomic E-state index is 0.0533. The molecule has 142 valence electrons. The molecule has 7 nitrogen and oxygen atoms in total. The van der Waals surface area contributed by atoms with E-state index in [1.807, 2.05) is 35.0 Å². The lowest BCUT2D eigenvalue weighted by atomic mass is 9.84. The molecule has 0 amide bonds. The highest BCUT2D eigenvalue weighted by Gasteiger charge is 2.26. The van der Waals surface area contributed by atoms with Crippen LogP contribution < -0.4 is 16.2 Å². The molecule has 1 aliphatic carbocycles. The third-order valence-electron chi connectivity index (χ3n) is 5.06. The zero-order valence-electron chi connectivity index (χ0n) is 15.5. The monoisotopic (exact) mass is 374 g/mol. The van der Waals surface area contributed by atoms with Gasteiger partial charge in [-0.15, -0.1) is 0 Å². The smallest absolute Gasteiger partial charge is 0.142 e. The predicted molar refractivity (Wildman–Crippen MR) is 107 cm³/mol. The molecule has 3 aromatic rings. The van der Waals surface area contributed by atoms with Gasteiger partial charge in [0, 0.05) is 35.3 Å². The third kappa shape index (κ3) is 3.42. The van der Waals surface area contributed by atoms with Crippen molar-refractivity contribution in [2.45, 2.75) is 31.8 Å². The molecule has 0 saturated heterocycles.